The Morgan fingerprint density at radius 2 is 1.74 bits per heavy atom. The van der Waals surface area contributed by atoms with Crippen molar-refractivity contribution in [3.05, 3.63) is 46.7 Å². The summed E-state index contributed by atoms with van der Waals surface area (Å²) in [6, 6.07) is 6.20. The standard InChI is InChI=1S/C26H36ClN3O/c1-3-4-5-6-7-8-9-10-13-28-17-20-14-22(19-29-18-20)23-15-21-11-12-26(31)30(2)25(21)16-24(23)27/h14-16,18-19,28H,3-13,17H2,1-2H3. The summed E-state index contributed by atoms with van der Waals surface area (Å²) in [5, 5.41) is 4.21. The average Bonchev–Trinajstić information content (AvgIpc) is 2.78. The zero-order valence-corrected chi connectivity index (χ0v) is 19.8. The van der Waals surface area contributed by atoms with Crippen molar-refractivity contribution < 1.29 is 4.79 Å². The third-order valence-corrected chi connectivity index (χ3v) is 6.47. The molecule has 1 amide bonds. The summed E-state index contributed by atoms with van der Waals surface area (Å²) in [4.78, 5) is 18.1. The molecule has 1 aromatic heterocycles. The molecule has 0 spiro atoms. The maximum Gasteiger partial charge on any atom is 0.227 e. The molecule has 2 aromatic rings. The second-order valence-corrected chi connectivity index (χ2v) is 9.05. The largest absolute Gasteiger partial charge is 0.315 e. The zero-order valence-electron chi connectivity index (χ0n) is 19.1. The number of amides is 1. The highest BCUT2D eigenvalue weighted by Gasteiger charge is 2.22. The Kier molecular flexibility index (Phi) is 9.35. The van der Waals surface area contributed by atoms with Gasteiger partial charge in [0.05, 0.1) is 5.02 Å². The van der Waals surface area contributed by atoms with E-state index in [1.807, 2.05) is 25.5 Å². The first-order valence-corrected chi connectivity index (χ1v) is 12.2. The summed E-state index contributed by atoms with van der Waals surface area (Å²) in [6.07, 6.45) is 15.8. The Balaban J connectivity index is 1.50. The van der Waals surface area contributed by atoms with Gasteiger partial charge in [0, 0.05) is 49.2 Å². The van der Waals surface area contributed by atoms with E-state index in [1.165, 1.54) is 56.9 Å². The van der Waals surface area contributed by atoms with E-state index in [0.29, 0.717) is 11.4 Å². The highest BCUT2D eigenvalue weighted by Crippen LogP contribution is 2.37. The SMILES string of the molecule is CCCCCCCCCCNCc1cncc(-c2cc3c(cc2Cl)N(C)C(=O)CC3)c1. The maximum absolute atomic E-state index is 12.0. The van der Waals surface area contributed by atoms with E-state index in [9.17, 15) is 4.79 Å². The Morgan fingerprint density at radius 3 is 2.52 bits per heavy atom. The van der Waals surface area contributed by atoms with Gasteiger partial charge in [0.25, 0.3) is 0 Å². The molecule has 1 N–H and O–H groups in total. The van der Waals surface area contributed by atoms with Gasteiger partial charge in [0.1, 0.15) is 0 Å². The van der Waals surface area contributed by atoms with Crippen LogP contribution in [-0.4, -0.2) is 24.5 Å². The van der Waals surface area contributed by atoms with Crippen molar-refractivity contribution in [3.63, 3.8) is 0 Å². The third-order valence-electron chi connectivity index (χ3n) is 6.15. The molecule has 1 aliphatic rings. The van der Waals surface area contributed by atoms with Crippen molar-refractivity contribution in [3.8, 4) is 11.1 Å². The molecular formula is C26H36ClN3O. The van der Waals surface area contributed by atoms with E-state index < -0.39 is 0 Å². The van der Waals surface area contributed by atoms with Gasteiger partial charge in [-0.3, -0.25) is 9.78 Å². The van der Waals surface area contributed by atoms with Crippen LogP contribution in [0.5, 0.6) is 0 Å². The predicted octanol–water partition coefficient (Wildman–Crippen LogP) is 6.54. The number of aryl methyl sites for hydroxylation is 1. The fraction of sp³-hybridized carbons (Fsp3) is 0.538. The summed E-state index contributed by atoms with van der Waals surface area (Å²) in [7, 11) is 1.82. The second kappa shape index (κ2) is 12.2. The van der Waals surface area contributed by atoms with Crippen LogP contribution in [0.15, 0.2) is 30.6 Å². The number of nitrogens with one attached hydrogen (secondary N) is 1. The molecule has 0 radical (unpaired) electrons. The molecule has 0 fully saturated rings. The highest BCUT2D eigenvalue weighted by molar-refractivity contribution is 6.33. The van der Waals surface area contributed by atoms with Gasteiger partial charge in [0.15, 0.2) is 0 Å². The quantitative estimate of drug-likeness (QED) is 0.380. The number of hydrogen-bond acceptors (Lipinski definition) is 3. The molecule has 2 heterocycles. The number of unbranched alkanes of at least 4 members (excludes halogenated alkanes) is 7. The topological polar surface area (TPSA) is 45.2 Å². The van der Waals surface area contributed by atoms with Gasteiger partial charge in [-0.1, -0.05) is 63.5 Å². The van der Waals surface area contributed by atoms with E-state index in [2.05, 4.69) is 29.4 Å². The van der Waals surface area contributed by atoms with Crippen molar-refractivity contribution in [1.29, 1.82) is 0 Å². The van der Waals surface area contributed by atoms with Crippen molar-refractivity contribution >= 4 is 23.2 Å². The lowest BCUT2D eigenvalue weighted by molar-refractivity contribution is -0.118. The minimum absolute atomic E-state index is 0.141. The highest BCUT2D eigenvalue weighted by atomic mass is 35.5. The predicted molar refractivity (Wildman–Crippen MR) is 131 cm³/mol. The monoisotopic (exact) mass is 441 g/mol. The van der Waals surface area contributed by atoms with Gasteiger partial charge in [-0.25, -0.2) is 0 Å². The van der Waals surface area contributed by atoms with Crippen molar-refractivity contribution in [2.75, 3.05) is 18.5 Å². The molecule has 168 valence electrons. The number of aromatic nitrogens is 1. The van der Waals surface area contributed by atoms with Gasteiger partial charge >= 0.3 is 0 Å². The molecule has 1 aliphatic heterocycles. The van der Waals surface area contributed by atoms with E-state index in [4.69, 9.17) is 11.6 Å². The average molecular weight is 442 g/mol. The summed E-state index contributed by atoms with van der Waals surface area (Å²) in [6.45, 7) is 4.12. The van der Waals surface area contributed by atoms with Gasteiger partial charge in [0.2, 0.25) is 5.91 Å². The normalized spacial score (nSPS) is 13.5. The van der Waals surface area contributed by atoms with Crippen molar-refractivity contribution in [2.24, 2.45) is 0 Å². The lowest BCUT2D eigenvalue weighted by Gasteiger charge is -2.26. The number of benzene rings is 1. The van der Waals surface area contributed by atoms with E-state index in [-0.39, 0.29) is 5.91 Å². The van der Waals surface area contributed by atoms with E-state index in [0.717, 1.165) is 41.9 Å². The van der Waals surface area contributed by atoms with Gasteiger partial charge in [-0.05, 0) is 48.7 Å². The summed E-state index contributed by atoms with van der Waals surface area (Å²) < 4.78 is 0. The Bertz CT molecular complexity index is 868. The van der Waals surface area contributed by atoms with E-state index >= 15 is 0 Å². The Labute approximate surface area is 192 Å². The van der Waals surface area contributed by atoms with Crippen LogP contribution in [0, 0.1) is 0 Å². The molecule has 0 saturated carbocycles. The molecule has 31 heavy (non-hydrogen) atoms. The first kappa shape index (κ1) is 23.7. The Morgan fingerprint density at radius 1 is 1.00 bits per heavy atom. The molecule has 0 saturated heterocycles. The lowest BCUT2D eigenvalue weighted by Crippen LogP contribution is -2.31. The maximum atomic E-state index is 12.0. The van der Waals surface area contributed by atoms with Crippen LogP contribution in [0.2, 0.25) is 5.02 Å². The number of anilines is 1. The van der Waals surface area contributed by atoms with Crippen LogP contribution in [0.4, 0.5) is 5.69 Å². The number of rotatable bonds is 12. The molecule has 0 unspecified atom stereocenters. The van der Waals surface area contributed by atoms with Crippen LogP contribution >= 0.6 is 11.6 Å². The van der Waals surface area contributed by atoms with Gasteiger partial charge in [-0.15, -0.1) is 0 Å². The van der Waals surface area contributed by atoms with Crippen LogP contribution < -0.4 is 10.2 Å². The lowest BCUT2D eigenvalue weighted by atomic mass is 9.96. The minimum Gasteiger partial charge on any atom is -0.315 e. The van der Waals surface area contributed by atoms with Crippen LogP contribution in [0.1, 0.15) is 75.8 Å². The van der Waals surface area contributed by atoms with Crippen LogP contribution in [0.25, 0.3) is 11.1 Å². The summed E-state index contributed by atoms with van der Waals surface area (Å²) in [5.41, 5.74) is 5.26. The fourth-order valence-corrected chi connectivity index (χ4v) is 4.50. The van der Waals surface area contributed by atoms with Gasteiger partial charge in [-0.2, -0.15) is 0 Å². The smallest absolute Gasteiger partial charge is 0.227 e. The first-order valence-electron chi connectivity index (χ1n) is 11.8. The van der Waals surface area contributed by atoms with Crippen LogP contribution in [-0.2, 0) is 17.8 Å². The summed E-state index contributed by atoms with van der Waals surface area (Å²) in [5.74, 6) is 0.141. The van der Waals surface area contributed by atoms with E-state index in [1.54, 1.807) is 4.90 Å². The minimum atomic E-state index is 0.141. The molecule has 4 nitrogen and oxygen atoms in total. The first-order chi connectivity index (χ1) is 15.1. The summed E-state index contributed by atoms with van der Waals surface area (Å²) >= 11 is 6.59. The fourth-order valence-electron chi connectivity index (χ4n) is 4.23. The number of hydrogen-bond donors (Lipinski definition) is 1. The number of carbonyl (C=O) groups excluding carboxylic acids is 1. The molecule has 0 aliphatic carbocycles. The third kappa shape index (κ3) is 6.78. The molecule has 1 aromatic carbocycles. The molecule has 5 heteroatoms. The zero-order chi connectivity index (χ0) is 22.1. The number of halogens is 1. The molecule has 3 rings (SSSR count). The van der Waals surface area contributed by atoms with Crippen molar-refractivity contribution in [1.82, 2.24) is 10.3 Å². The Hall–Kier alpha value is -1.91. The number of carbonyl (C=O) groups is 1. The second-order valence-electron chi connectivity index (χ2n) is 8.65. The molecule has 0 atom stereocenters. The number of nitrogens with zero attached hydrogens (tertiary/aromatic N) is 2. The van der Waals surface area contributed by atoms with Crippen molar-refractivity contribution in [2.45, 2.75) is 77.7 Å². The number of fused-ring (bicyclic) bond motifs is 1. The number of pyridine rings is 1. The van der Waals surface area contributed by atoms with Crippen LogP contribution in [0.3, 0.4) is 0 Å². The molecule has 0 bridgehead atoms. The van der Waals surface area contributed by atoms with Gasteiger partial charge < -0.3 is 10.2 Å². The molecular weight excluding hydrogens is 406 g/mol.